The molecule has 3 heteroatoms. The molecular formula is C16H20N2S. The molecule has 0 heterocycles. The smallest absolute Gasteiger partial charge is 0.0723 e. The Kier molecular flexibility index (Phi) is 4.64. The molecular weight excluding hydrogens is 252 g/mol. The first kappa shape index (κ1) is 14.1. The Bertz CT molecular complexity index is 566. The molecule has 0 aromatic heterocycles. The van der Waals surface area contributed by atoms with Crippen LogP contribution in [0.1, 0.15) is 28.3 Å². The lowest BCUT2D eigenvalue weighted by Crippen LogP contribution is -2.29. The number of hydrogen-bond acceptors (Lipinski definition) is 3. The molecule has 0 aliphatic heterocycles. The Hall–Kier alpha value is -1.29. The molecule has 100 valence electrons. The normalized spacial score (nSPS) is 12.4. The second kappa shape index (κ2) is 6.24. The van der Waals surface area contributed by atoms with Crippen molar-refractivity contribution in [2.45, 2.75) is 24.8 Å². The lowest BCUT2D eigenvalue weighted by Gasteiger charge is -2.21. The van der Waals surface area contributed by atoms with Crippen molar-refractivity contribution in [3.05, 3.63) is 64.7 Å². The summed E-state index contributed by atoms with van der Waals surface area (Å²) in [6, 6.07) is 14.9. The zero-order valence-electron chi connectivity index (χ0n) is 11.6. The second-order valence-electron chi connectivity index (χ2n) is 4.70. The molecule has 3 N–H and O–H groups in total. The van der Waals surface area contributed by atoms with Crippen molar-refractivity contribution < 1.29 is 0 Å². The SMILES string of the molecule is CSc1ccccc1C(NN)c1ccc(C)cc1C. The van der Waals surface area contributed by atoms with Gasteiger partial charge in [0.15, 0.2) is 0 Å². The van der Waals surface area contributed by atoms with Gasteiger partial charge in [-0.05, 0) is 42.9 Å². The summed E-state index contributed by atoms with van der Waals surface area (Å²) in [5, 5.41) is 0. The van der Waals surface area contributed by atoms with Gasteiger partial charge in [0.1, 0.15) is 0 Å². The van der Waals surface area contributed by atoms with E-state index in [-0.39, 0.29) is 6.04 Å². The van der Waals surface area contributed by atoms with Crippen molar-refractivity contribution in [1.82, 2.24) is 5.43 Å². The average molecular weight is 272 g/mol. The van der Waals surface area contributed by atoms with Crippen LogP contribution in [0.15, 0.2) is 47.4 Å². The van der Waals surface area contributed by atoms with Crippen molar-refractivity contribution in [1.29, 1.82) is 0 Å². The zero-order chi connectivity index (χ0) is 13.8. The molecule has 2 nitrogen and oxygen atoms in total. The van der Waals surface area contributed by atoms with Crippen LogP contribution < -0.4 is 11.3 Å². The minimum atomic E-state index is 0.0317. The molecule has 0 bridgehead atoms. The fourth-order valence-corrected chi connectivity index (χ4v) is 3.04. The van der Waals surface area contributed by atoms with Gasteiger partial charge in [0.2, 0.25) is 0 Å². The lowest BCUT2D eigenvalue weighted by atomic mass is 9.94. The summed E-state index contributed by atoms with van der Waals surface area (Å²) in [7, 11) is 0. The van der Waals surface area contributed by atoms with E-state index in [2.05, 4.69) is 68.0 Å². The molecule has 0 spiro atoms. The van der Waals surface area contributed by atoms with Gasteiger partial charge in [0.05, 0.1) is 6.04 Å². The van der Waals surface area contributed by atoms with E-state index in [0.29, 0.717) is 0 Å². The number of hydrogen-bond donors (Lipinski definition) is 2. The lowest BCUT2D eigenvalue weighted by molar-refractivity contribution is 0.624. The molecule has 0 radical (unpaired) electrons. The van der Waals surface area contributed by atoms with Gasteiger partial charge in [-0.2, -0.15) is 0 Å². The first-order valence-corrected chi connectivity index (χ1v) is 7.56. The van der Waals surface area contributed by atoms with Crippen LogP contribution in [0.5, 0.6) is 0 Å². The summed E-state index contributed by atoms with van der Waals surface area (Å²) < 4.78 is 0. The van der Waals surface area contributed by atoms with Gasteiger partial charge in [0, 0.05) is 4.90 Å². The van der Waals surface area contributed by atoms with Crippen LogP contribution >= 0.6 is 11.8 Å². The van der Waals surface area contributed by atoms with Gasteiger partial charge in [-0.3, -0.25) is 5.84 Å². The Morgan fingerprint density at radius 3 is 2.42 bits per heavy atom. The second-order valence-corrected chi connectivity index (χ2v) is 5.55. The maximum atomic E-state index is 5.81. The number of nitrogens with one attached hydrogen (secondary N) is 1. The summed E-state index contributed by atoms with van der Waals surface area (Å²) in [4.78, 5) is 1.26. The van der Waals surface area contributed by atoms with E-state index in [9.17, 15) is 0 Å². The van der Waals surface area contributed by atoms with Gasteiger partial charge < -0.3 is 0 Å². The first-order chi connectivity index (χ1) is 9.17. The molecule has 1 unspecified atom stereocenters. The van der Waals surface area contributed by atoms with Crippen molar-refractivity contribution in [2.75, 3.05) is 6.26 Å². The van der Waals surface area contributed by atoms with Gasteiger partial charge in [-0.25, -0.2) is 5.43 Å². The minimum Gasteiger partial charge on any atom is -0.271 e. The molecule has 2 aromatic carbocycles. The molecule has 0 aliphatic carbocycles. The number of nitrogens with two attached hydrogens (primary N) is 1. The summed E-state index contributed by atoms with van der Waals surface area (Å²) in [5.41, 5.74) is 7.95. The number of benzene rings is 2. The Balaban J connectivity index is 2.50. The average Bonchev–Trinajstić information content (AvgIpc) is 2.42. The zero-order valence-corrected chi connectivity index (χ0v) is 12.4. The molecule has 0 saturated carbocycles. The van der Waals surface area contributed by atoms with E-state index in [1.165, 1.54) is 27.1 Å². The first-order valence-electron chi connectivity index (χ1n) is 6.33. The van der Waals surface area contributed by atoms with Crippen LogP contribution in [-0.2, 0) is 0 Å². The minimum absolute atomic E-state index is 0.0317. The highest BCUT2D eigenvalue weighted by Crippen LogP contribution is 2.31. The molecule has 2 aromatic rings. The summed E-state index contributed by atoms with van der Waals surface area (Å²) in [6.45, 7) is 4.24. The van der Waals surface area contributed by atoms with Gasteiger partial charge in [0.25, 0.3) is 0 Å². The Morgan fingerprint density at radius 1 is 1.05 bits per heavy atom. The van der Waals surface area contributed by atoms with Crippen LogP contribution in [0.2, 0.25) is 0 Å². The van der Waals surface area contributed by atoms with Crippen LogP contribution in [0, 0.1) is 13.8 Å². The molecule has 0 saturated heterocycles. The summed E-state index contributed by atoms with van der Waals surface area (Å²) >= 11 is 1.75. The predicted molar refractivity (Wildman–Crippen MR) is 83.3 cm³/mol. The maximum Gasteiger partial charge on any atom is 0.0723 e. The van der Waals surface area contributed by atoms with E-state index in [1.807, 2.05) is 0 Å². The van der Waals surface area contributed by atoms with Crippen LogP contribution in [0.4, 0.5) is 0 Å². The van der Waals surface area contributed by atoms with Gasteiger partial charge >= 0.3 is 0 Å². The van der Waals surface area contributed by atoms with Gasteiger partial charge in [-0.1, -0.05) is 42.0 Å². The molecule has 1 atom stereocenters. The van der Waals surface area contributed by atoms with Crippen LogP contribution in [0.25, 0.3) is 0 Å². The maximum absolute atomic E-state index is 5.81. The highest BCUT2D eigenvalue weighted by atomic mass is 32.2. The number of thioether (sulfide) groups is 1. The summed E-state index contributed by atoms with van der Waals surface area (Å²) in [5.74, 6) is 5.81. The third-order valence-electron chi connectivity index (χ3n) is 3.35. The van der Waals surface area contributed by atoms with E-state index >= 15 is 0 Å². The standard InChI is InChI=1S/C16H20N2S/c1-11-8-9-13(12(2)10-11)16(18-17)14-6-4-5-7-15(14)19-3/h4-10,16,18H,17H2,1-3H3. The highest BCUT2D eigenvalue weighted by molar-refractivity contribution is 7.98. The van der Waals surface area contributed by atoms with Crippen molar-refractivity contribution in [3.8, 4) is 0 Å². The Morgan fingerprint density at radius 2 is 1.79 bits per heavy atom. The third-order valence-corrected chi connectivity index (χ3v) is 4.16. The number of hydrazine groups is 1. The molecule has 2 rings (SSSR count). The number of aryl methyl sites for hydroxylation is 2. The fraction of sp³-hybridized carbons (Fsp3) is 0.250. The third kappa shape index (κ3) is 3.00. The van der Waals surface area contributed by atoms with E-state index < -0.39 is 0 Å². The van der Waals surface area contributed by atoms with Gasteiger partial charge in [-0.15, -0.1) is 11.8 Å². The highest BCUT2D eigenvalue weighted by Gasteiger charge is 2.17. The molecule has 0 amide bonds. The topological polar surface area (TPSA) is 38.0 Å². The summed E-state index contributed by atoms with van der Waals surface area (Å²) in [6.07, 6.45) is 2.09. The van der Waals surface area contributed by atoms with Crippen molar-refractivity contribution in [2.24, 2.45) is 5.84 Å². The predicted octanol–water partition coefficient (Wildman–Crippen LogP) is 3.58. The quantitative estimate of drug-likeness (QED) is 0.507. The van der Waals surface area contributed by atoms with E-state index in [4.69, 9.17) is 5.84 Å². The molecule has 0 fully saturated rings. The Labute approximate surface area is 119 Å². The fourth-order valence-electron chi connectivity index (χ4n) is 2.40. The van der Waals surface area contributed by atoms with Crippen molar-refractivity contribution >= 4 is 11.8 Å². The molecule has 19 heavy (non-hydrogen) atoms. The van der Waals surface area contributed by atoms with Crippen LogP contribution in [-0.4, -0.2) is 6.26 Å². The molecule has 0 aliphatic rings. The largest absolute Gasteiger partial charge is 0.271 e. The van der Waals surface area contributed by atoms with Crippen LogP contribution in [0.3, 0.4) is 0 Å². The van der Waals surface area contributed by atoms with E-state index in [1.54, 1.807) is 11.8 Å². The van der Waals surface area contributed by atoms with Crippen molar-refractivity contribution in [3.63, 3.8) is 0 Å². The monoisotopic (exact) mass is 272 g/mol. The number of rotatable bonds is 4. The van der Waals surface area contributed by atoms with E-state index in [0.717, 1.165) is 0 Å².